The molecule has 2 heteroatoms. The first-order valence-electron chi connectivity index (χ1n) is 6.41. The number of nitrogens with one attached hydrogen (secondary N) is 1. The summed E-state index contributed by atoms with van der Waals surface area (Å²) in [7, 11) is 1.79. The summed E-state index contributed by atoms with van der Waals surface area (Å²) in [6.07, 6.45) is 5.24. The lowest BCUT2D eigenvalue weighted by molar-refractivity contribution is 0.103. The van der Waals surface area contributed by atoms with E-state index in [-0.39, 0.29) is 0 Å². The molecule has 0 amide bonds. The van der Waals surface area contributed by atoms with Crippen LogP contribution in [0.5, 0.6) is 0 Å². The van der Waals surface area contributed by atoms with Crippen LogP contribution in [0.15, 0.2) is 0 Å². The van der Waals surface area contributed by atoms with Crippen LogP contribution in [-0.2, 0) is 4.74 Å². The first kappa shape index (κ1) is 14.9. The fourth-order valence-electron chi connectivity index (χ4n) is 1.73. The molecule has 0 aromatic carbocycles. The molecule has 92 valence electrons. The predicted octanol–water partition coefficient (Wildman–Crippen LogP) is 3.22. The molecule has 15 heavy (non-hydrogen) atoms. The summed E-state index contributed by atoms with van der Waals surface area (Å²) in [5.41, 5.74) is 0. The highest BCUT2D eigenvalue weighted by atomic mass is 16.5. The molecule has 0 bridgehead atoms. The number of ether oxygens (including phenoxy) is 1. The molecule has 1 N–H and O–H groups in total. The van der Waals surface area contributed by atoms with E-state index in [4.69, 9.17) is 4.74 Å². The molecule has 3 atom stereocenters. The van der Waals surface area contributed by atoms with Crippen LogP contribution in [-0.4, -0.2) is 25.8 Å². The Morgan fingerprint density at radius 3 is 2.27 bits per heavy atom. The Hall–Kier alpha value is -0.0800. The molecule has 0 spiro atoms. The van der Waals surface area contributed by atoms with E-state index in [9.17, 15) is 0 Å². The standard InChI is InChI=1S/C13H29NO/c1-6-10-14-13(11(3)7-2)9-8-12(4)15-5/h11-14H,6-10H2,1-5H3. The highest BCUT2D eigenvalue weighted by Crippen LogP contribution is 2.14. The monoisotopic (exact) mass is 215 g/mol. The van der Waals surface area contributed by atoms with Gasteiger partial charge in [-0.05, 0) is 38.6 Å². The lowest BCUT2D eigenvalue weighted by Gasteiger charge is -2.25. The maximum atomic E-state index is 5.29. The van der Waals surface area contributed by atoms with E-state index >= 15 is 0 Å². The molecule has 0 aromatic heterocycles. The van der Waals surface area contributed by atoms with E-state index in [2.05, 4.69) is 33.0 Å². The van der Waals surface area contributed by atoms with Crippen molar-refractivity contribution in [2.75, 3.05) is 13.7 Å². The average Bonchev–Trinajstić information content (AvgIpc) is 2.27. The Bertz CT molecular complexity index is 138. The normalized spacial score (nSPS) is 17.4. The van der Waals surface area contributed by atoms with Crippen molar-refractivity contribution in [2.45, 2.75) is 65.5 Å². The van der Waals surface area contributed by atoms with E-state index in [0.29, 0.717) is 12.1 Å². The Morgan fingerprint density at radius 1 is 1.13 bits per heavy atom. The lowest BCUT2D eigenvalue weighted by Crippen LogP contribution is -2.36. The topological polar surface area (TPSA) is 21.3 Å². The maximum Gasteiger partial charge on any atom is 0.0543 e. The molecule has 0 aliphatic heterocycles. The van der Waals surface area contributed by atoms with Crippen LogP contribution in [0, 0.1) is 5.92 Å². The van der Waals surface area contributed by atoms with Gasteiger partial charge in [0.1, 0.15) is 0 Å². The van der Waals surface area contributed by atoms with Crippen molar-refractivity contribution in [3.63, 3.8) is 0 Å². The van der Waals surface area contributed by atoms with Crippen LogP contribution in [0.3, 0.4) is 0 Å². The molecule has 2 nitrogen and oxygen atoms in total. The molecule has 0 saturated heterocycles. The van der Waals surface area contributed by atoms with Gasteiger partial charge < -0.3 is 10.1 Å². The van der Waals surface area contributed by atoms with Crippen LogP contribution in [0.1, 0.15) is 53.4 Å². The number of methoxy groups -OCH3 is 1. The lowest BCUT2D eigenvalue weighted by atomic mass is 9.94. The number of rotatable bonds is 9. The van der Waals surface area contributed by atoms with Gasteiger partial charge in [-0.1, -0.05) is 27.2 Å². The van der Waals surface area contributed by atoms with Gasteiger partial charge >= 0.3 is 0 Å². The van der Waals surface area contributed by atoms with Gasteiger partial charge in [-0.2, -0.15) is 0 Å². The minimum Gasteiger partial charge on any atom is -0.382 e. The quantitative estimate of drug-likeness (QED) is 0.637. The van der Waals surface area contributed by atoms with E-state index in [1.165, 1.54) is 19.3 Å². The summed E-state index contributed by atoms with van der Waals surface area (Å²) < 4.78 is 5.29. The van der Waals surface area contributed by atoms with Gasteiger partial charge in [-0.15, -0.1) is 0 Å². The average molecular weight is 215 g/mol. The molecule has 0 rings (SSSR count). The summed E-state index contributed by atoms with van der Waals surface area (Å²) in [6.45, 7) is 10.1. The van der Waals surface area contributed by atoms with Crippen LogP contribution in [0.25, 0.3) is 0 Å². The molecule has 0 heterocycles. The van der Waals surface area contributed by atoms with Crippen molar-refractivity contribution >= 4 is 0 Å². The third-order valence-electron chi connectivity index (χ3n) is 3.27. The third kappa shape index (κ3) is 6.91. The maximum absolute atomic E-state index is 5.29. The molecule has 0 aliphatic carbocycles. The molecular weight excluding hydrogens is 186 g/mol. The predicted molar refractivity (Wildman–Crippen MR) is 67.2 cm³/mol. The zero-order valence-corrected chi connectivity index (χ0v) is 11.2. The van der Waals surface area contributed by atoms with Crippen LogP contribution >= 0.6 is 0 Å². The Labute approximate surface area is 95.8 Å². The van der Waals surface area contributed by atoms with Gasteiger partial charge in [-0.25, -0.2) is 0 Å². The SMILES string of the molecule is CCCNC(CCC(C)OC)C(C)CC. The Morgan fingerprint density at radius 2 is 1.80 bits per heavy atom. The second kappa shape index (κ2) is 9.17. The zero-order chi connectivity index (χ0) is 11.7. The molecule has 3 unspecified atom stereocenters. The fourth-order valence-corrected chi connectivity index (χ4v) is 1.73. The number of hydrogen-bond acceptors (Lipinski definition) is 2. The molecule has 0 aromatic rings. The summed E-state index contributed by atoms with van der Waals surface area (Å²) >= 11 is 0. The van der Waals surface area contributed by atoms with Gasteiger partial charge in [0.15, 0.2) is 0 Å². The van der Waals surface area contributed by atoms with E-state index in [0.717, 1.165) is 18.9 Å². The van der Waals surface area contributed by atoms with Crippen LogP contribution in [0.2, 0.25) is 0 Å². The summed E-state index contributed by atoms with van der Waals surface area (Å²) in [5.74, 6) is 0.764. The van der Waals surface area contributed by atoms with Gasteiger partial charge in [0.05, 0.1) is 6.10 Å². The highest BCUT2D eigenvalue weighted by Gasteiger charge is 2.15. The van der Waals surface area contributed by atoms with E-state index < -0.39 is 0 Å². The van der Waals surface area contributed by atoms with Crippen molar-refractivity contribution in [1.82, 2.24) is 5.32 Å². The Balaban J connectivity index is 3.89. The number of hydrogen-bond donors (Lipinski definition) is 1. The van der Waals surface area contributed by atoms with Crippen molar-refractivity contribution in [1.29, 1.82) is 0 Å². The largest absolute Gasteiger partial charge is 0.382 e. The van der Waals surface area contributed by atoms with Crippen LogP contribution < -0.4 is 5.32 Å². The molecule has 0 aliphatic rings. The van der Waals surface area contributed by atoms with E-state index in [1.807, 2.05) is 0 Å². The second-order valence-corrected chi connectivity index (χ2v) is 4.57. The Kier molecular flexibility index (Phi) is 9.12. The van der Waals surface area contributed by atoms with Crippen molar-refractivity contribution in [3.05, 3.63) is 0 Å². The smallest absolute Gasteiger partial charge is 0.0543 e. The van der Waals surface area contributed by atoms with Crippen LogP contribution in [0.4, 0.5) is 0 Å². The minimum atomic E-state index is 0.389. The van der Waals surface area contributed by atoms with Gasteiger partial charge in [0.2, 0.25) is 0 Å². The summed E-state index contributed by atoms with van der Waals surface area (Å²) in [5, 5.41) is 3.64. The molecular formula is C13H29NO. The molecule has 0 radical (unpaired) electrons. The van der Waals surface area contributed by atoms with Gasteiger partial charge in [-0.3, -0.25) is 0 Å². The van der Waals surface area contributed by atoms with E-state index in [1.54, 1.807) is 7.11 Å². The highest BCUT2D eigenvalue weighted by molar-refractivity contribution is 4.73. The van der Waals surface area contributed by atoms with Gasteiger partial charge in [0, 0.05) is 13.2 Å². The van der Waals surface area contributed by atoms with Crippen molar-refractivity contribution < 1.29 is 4.74 Å². The first-order chi connectivity index (χ1) is 7.15. The first-order valence-corrected chi connectivity index (χ1v) is 6.41. The summed E-state index contributed by atoms with van der Waals surface area (Å²) in [6, 6.07) is 0.660. The minimum absolute atomic E-state index is 0.389. The van der Waals surface area contributed by atoms with Gasteiger partial charge in [0.25, 0.3) is 0 Å². The fraction of sp³-hybridized carbons (Fsp3) is 1.00. The zero-order valence-electron chi connectivity index (χ0n) is 11.2. The van der Waals surface area contributed by atoms with Crippen molar-refractivity contribution in [2.24, 2.45) is 5.92 Å². The molecule has 0 fully saturated rings. The van der Waals surface area contributed by atoms with Crippen molar-refractivity contribution in [3.8, 4) is 0 Å². The third-order valence-corrected chi connectivity index (χ3v) is 3.27. The summed E-state index contributed by atoms with van der Waals surface area (Å²) in [4.78, 5) is 0. The molecule has 0 saturated carbocycles. The second-order valence-electron chi connectivity index (χ2n) is 4.57.